The lowest BCUT2D eigenvalue weighted by Crippen LogP contribution is -2.23. The van der Waals surface area contributed by atoms with E-state index in [4.69, 9.17) is 18.3 Å². The van der Waals surface area contributed by atoms with Crippen LogP contribution in [0, 0.1) is 0 Å². The minimum atomic E-state index is -0.757. The number of para-hydroxylation sites is 1. The lowest BCUT2D eigenvalue weighted by molar-refractivity contribution is 0.0818. The standard InChI is InChI=1S/C28H20O7/c1-16(26(30)17-7-4-3-5-8-17)33-19-11-12-20-21(15-25(29)34-24(20)14-19)22-13-18-9-6-10-23(32-2)27(18)35-28(22)31/h3-16H,1-2H3. The Morgan fingerprint density at radius 3 is 2.43 bits per heavy atom. The Hall–Kier alpha value is -4.65. The quantitative estimate of drug-likeness (QED) is 0.249. The van der Waals surface area contributed by atoms with E-state index in [1.165, 1.54) is 19.2 Å². The van der Waals surface area contributed by atoms with Gasteiger partial charge in [0.2, 0.25) is 5.78 Å². The van der Waals surface area contributed by atoms with Gasteiger partial charge in [-0.3, -0.25) is 4.79 Å². The molecule has 5 aromatic rings. The average Bonchev–Trinajstić information content (AvgIpc) is 2.87. The first-order chi connectivity index (χ1) is 16.9. The zero-order chi connectivity index (χ0) is 24.5. The fourth-order valence-electron chi connectivity index (χ4n) is 4.00. The second-order valence-corrected chi connectivity index (χ2v) is 7.95. The van der Waals surface area contributed by atoms with Gasteiger partial charge in [0, 0.05) is 34.0 Å². The Morgan fingerprint density at radius 2 is 1.66 bits per heavy atom. The molecular weight excluding hydrogens is 448 g/mol. The molecule has 0 aliphatic carbocycles. The Labute approximate surface area is 199 Å². The van der Waals surface area contributed by atoms with Crippen molar-refractivity contribution >= 4 is 27.7 Å². The number of hydrogen-bond donors (Lipinski definition) is 0. The van der Waals surface area contributed by atoms with Gasteiger partial charge < -0.3 is 18.3 Å². The van der Waals surface area contributed by atoms with Crippen molar-refractivity contribution in [1.29, 1.82) is 0 Å². The molecule has 7 heteroatoms. The van der Waals surface area contributed by atoms with E-state index in [1.807, 2.05) is 6.07 Å². The predicted molar refractivity (Wildman–Crippen MR) is 131 cm³/mol. The van der Waals surface area contributed by atoms with Crippen LogP contribution in [0.15, 0.2) is 97.3 Å². The summed E-state index contributed by atoms with van der Waals surface area (Å²) >= 11 is 0. The van der Waals surface area contributed by atoms with Gasteiger partial charge in [0.1, 0.15) is 11.3 Å². The number of fused-ring (bicyclic) bond motifs is 2. The minimum absolute atomic E-state index is 0.176. The van der Waals surface area contributed by atoms with Crippen molar-refractivity contribution in [1.82, 2.24) is 0 Å². The third-order valence-electron chi connectivity index (χ3n) is 5.69. The third-order valence-corrected chi connectivity index (χ3v) is 5.69. The summed E-state index contributed by atoms with van der Waals surface area (Å²) in [5, 5.41) is 1.17. The number of ketones is 1. The van der Waals surface area contributed by atoms with Gasteiger partial charge in [0.25, 0.3) is 0 Å². The number of carbonyl (C=O) groups is 1. The molecule has 0 aliphatic rings. The molecule has 0 saturated heterocycles. The molecule has 1 atom stereocenters. The molecule has 0 N–H and O–H groups in total. The zero-order valence-electron chi connectivity index (χ0n) is 18.9. The maximum Gasteiger partial charge on any atom is 0.344 e. The fourth-order valence-corrected chi connectivity index (χ4v) is 4.00. The van der Waals surface area contributed by atoms with Crippen LogP contribution in [0.5, 0.6) is 11.5 Å². The number of rotatable bonds is 6. The van der Waals surface area contributed by atoms with E-state index >= 15 is 0 Å². The number of ether oxygens (including phenoxy) is 2. The molecule has 0 bridgehead atoms. The van der Waals surface area contributed by atoms with Crippen molar-refractivity contribution in [3.05, 3.63) is 105 Å². The largest absolute Gasteiger partial charge is 0.493 e. The van der Waals surface area contributed by atoms with E-state index in [0.29, 0.717) is 39.0 Å². The number of hydrogen-bond acceptors (Lipinski definition) is 7. The molecule has 2 heterocycles. The van der Waals surface area contributed by atoms with E-state index in [2.05, 4.69) is 0 Å². The first-order valence-electron chi connectivity index (χ1n) is 10.9. The van der Waals surface area contributed by atoms with Crippen molar-refractivity contribution in [3.63, 3.8) is 0 Å². The summed E-state index contributed by atoms with van der Waals surface area (Å²) in [5.41, 5.74) is 0.409. The van der Waals surface area contributed by atoms with Gasteiger partial charge >= 0.3 is 11.3 Å². The first kappa shape index (κ1) is 22.2. The molecule has 0 spiro atoms. The highest BCUT2D eigenvalue weighted by molar-refractivity contribution is 5.99. The van der Waals surface area contributed by atoms with Crippen molar-refractivity contribution in [3.8, 4) is 22.6 Å². The predicted octanol–water partition coefficient (Wildman–Crippen LogP) is 5.23. The molecule has 0 saturated carbocycles. The summed E-state index contributed by atoms with van der Waals surface area (Å²) < 4.78 is 22.0. The summed E-state index contributed by atoms with van der Waals surface area (Å²) in [4.78, 5) is 37.9. The topological polar surface area (TPSA) is 96.0 Å². The molecule has 0 aliphatic heterocycles. The van der Waals surface area contributed by atoms with Crippen LogP contribution < -0.4 is 20.7 Å². The minimum Gasteiger partial charge on any atom is -0.493 e. The summed E-state index contributed by atoms with van der Waals surface area (Å²) in [6.07, 6.45) is -0.757. The maximum absolute atomic E-state index is 12.9. The smallest absolute Gasteiger partial charge is 0.344 e. The Kier molecular flexibility index (Phi) is 5.66. The second kappa shape index (κ2) is 8.95. The van der Waals surface area contributed by atoms with Crippen LogP contribution in [-0.4, -0.2) is 19.0 Å². The average molecular weight is 468 g/mol. The third kappa shape index (κ3) is 4.19. The number of benzene rings is 3. The molecule has 7 nitrogen and oxygen atoms in total. The van der Waals surface area contributed by atoms with Crippen molar-refractivity contribution < 1.29 is 23.1 Å². The maximum atomic E-state index is 12.9. The van der Waals surface area contributed by atoms with Gasteiger partial charge in [-0.2, -0.15) is 0 Å². The van der Waals surface area contributed by atoms with E-state index in [0.717, 1.165) is 0 Å². The highest BCUT2D eigenvalue weighted by Crippen LogP contribution is 2.32. The van der Waals surface area contributed by atoms with Crippen LogP contribution in [0.2, 0.25) is 0 Å². The fraction of sp³-hybridized carbons (Fsp3) is 0.107. The molecule has 5 rings (SSSR count). The molecule has 3 aromatic carbocycles. The number of carbonyl (C=O) groups excluding carboxylic acids is 1. The van der Waals surface area contributed by atoms with E-state index in [9.17, 15) is 14.4 Å². The molecule has 0 amide bonds. The van der Waals surface area contributed by atoms with Crippen LogP contribution in [0.4, 0.5) is 0 Å². The van der Waals surface area contributed by atoms with Crippen molar-refractivity contribution in [2.45, 2.75) is 13.0 Å². The van der Waals surface area contributed by atoms with Gasteiger partial charge in [0.15, 0.2) is 17.4 Å². The Balaban J connectivity index is 1.55. The van der Waals surface area contributed by atoms with Gasteiger partial charge in [-0.25, -0.2) is 9.59 Å². The van der Waals surface area contributed by atoms with Crippen LogP contribution >= 0.6 is 0 Å². The first-order valence-corrected chi connectivity index (χ1v) is 10.9. The highest BCUT2D eigenvalue weighted by atomic mass is 16.5. The molecule has 174 valence electrons. The second-order valence-electron chi connectivity index (χ2n) is 7.95. The van der Waals surface area contributed by atoms with Gasteiger partial charge in [0.05, 0.1) is 12.7 Å². The number of Topliss-reactive ketones (excluding diaryl/α,β-unsaturated/α-hetero) is 1. The summed E-state index contributed by atoms with van der Waals surface area (Å²) in [7, 11) is 1.49. The van der Waals surface area contributed by atoms with Gasteiger partial charge in [-0.1, -0.05) is 42.5 Å². The highest BCUT2D eigenvalue weighted by Gasteiger charge is 2.19. The zero-order valence-corrected chi connectivity index (χ0v) is 18.9. The van der Waals surface area contributed by atoms with Crippen molar-refractivity contribution in [2.24, 2.45) is 0 Å². The number of methoxy groups -OCH3 is 1. The normalized spacial score (nSPS) is 11.9. The van der Waals surface area contributed by atoms with E-state index in [1.54, 1.807) is 67.6 Å². The monoisotopic (exact) mass is 468 g/mol. The van der Waals surface area contributed by atoms with Crippen LogP contribution in [0.3, 0.4) is 0 Å². The van der Waals surface area contributed by atoms with E-state index < -0.39 is 17.4 Å². The lowest BCUT2D eigenvalue weighted by Gasteiger charge is -2.14. The van der Waals surface area contributed by atoms with Crippen LogP contribution in [-0.2, 0) is 0 Å². The van der Waals surface area contributed by atoms with Gasteiger partial charge in [-0.05, 0) is 31.2 Å². The molecule has 1 unspecified atom stereocenters. The molecule has 2 aromatic heterocycles. The SMILES string of the molecule is COc1cccc2cc(-c3cc(=O)oc4cc(OC(C)C(=O)c5ccccc5)ccc34)c(=O)oc12. The molecule has 0 radical (unpaired) electrons. The van der Waals surface area contributed by atoms with E-state index in [-0.39, 0.29) is 16.9 Å². The summed E-state index contributed by atoms with van der Waals surface area (Å²) in [6.45, 7) is 1.65. The van der Waals surface area contributed by atoms with Crippen molar-refractivity contribution in [2.75, 3.05) is 7.11 Å². The lowest BCUT2D eigenvalue weighted by atomic mass is 10.0. The molecular formula is C28H20O7. The van der Waals surface area contributed by atoms with Crippen LogP contribution in [0.25, 0.3) is 33.1 Å². The summed E-state index contributed by atoms with van der Waals surface area (Å²) in [6, 6.07) is 21.9. The Bertz CT molecular complexity index is 1680. The van der Waals surface area contributed by atoms with Crippen LogP contribution in [0.1, 0.15) is 17.3 Å². The van der Waals surface area contributed by atoms with Gasteiger partial charge in [-0.15, -0.1) is 0 Å². The molecule has 35 heavy (non-hydrogen) atoms. The Morgan fingerprint density at radius 1 is 0.857 bits per heavy atom. The summed E-state index contributed by atoms with van der Waals surface area (Å²) in [5.74, 6) is 0.611. The molecule has 0 fully saturated rings.